The maximum atomic E-state index is 13.6. The first-order valence-corrected chi connectivity index (χ1v) is 13.2. The zero-order valence-corrected chi connectivity index (χ0v) is 23.2. The Morgan fingerprint density at radius 1 is 0.972 bits per heavy atom. The highest BCUT2D eigenvalue weighted by Crippen LogP contribution is 2.26. The predicted molar refractivity (Wildman–Crippen MR) is 148 cm³/mol. The third-order valence-electron chi connectivity index (χ3n) is 5.72. The van der Waals surface area contributed by atoms with Crippen molar-refractivity contribution in [2.24, 2.45) is 0 Å². The summed E-state index contributed by atoms with van der Waals surface area (Å²) in [6, 6.07) is 22.0. The van der Waals surface area contributed by atoms with E-state index < -0.39 is 6.04 Å². The number of carbonyl (C=O) groups excluding carboxylic acids is 2. The lowest BCUT2D eigenvalue weighted by atomic mass is 10.0. The molecule has 0 saturated heterocycles. The van der Waals surface area contributed by atoms with E-state index in [4.69, 9.17) is 16.3 Å². The molecule has 0 aliphatic carbocycles. The van der Waals surface area contributed by atoms with Crippen LogP contribution < -0.4 is 10.1 Å². The number of rotatable bonds is 11. The van der Waals surface area contributed by atoms with Crippen LogP contribution in [0.3, 0.4) is 0 Å². The maximum absolute atomic E-state index is 13.6. The number of nitrogens with one attached hydrogen (secondary N) is 1. The van der Waals surface area contributed by atoms with E-state index in [1.54, 1.807) is 17.0 Å². The summed E-state index contributed by atoms with van der Waals surface area (Å²) in [5, 5.41) is 3.60. The van der Waals surface area contributed by atoms with Crippen LogP contribution in [0.4, 0.5) is 0 Å². The number of amides is 2. The van der Waals surface area contributed by atoms with E-state index >= 15 is 0 Å². The summed E-state index contributed by atoms with van der Waals surface area (Å²) in [7, 11) is 0. The lowest BCUT2D eigenvalue weighted by molar-refractivity contribution is -0.143. The molecule has 3 aromatic rings. The molecule has 0 bridgehead atoms. The van der Waals surface area contributed by atoms with Crippen LogP contribution >= 0.6 is 27.5 Å². The van der Waals surface area contributed by atoms with E-state index in [1.165, 1.54) is 0 Å². The third kappa shape index (κ3) is 8.10. The van der Waals surface area contributed by atoms with Gasteiger partial charge in [-0.25, -0.2) is 0 Å². The van der Waals surface area contributed by atoms with Gasteiger partial charge in [0.15, 0.2) is 6.61 Å². The Bertz CT molecular complexity index is 1150. The van der Waals surface area contributed by atoms with Crippen molar-refractivity contribution in [3.8, 4) is 5.75 Å². The van der Waals surface area contributed by atoms with Gasteiger partial charge in [-0.15, -0.1) is 0 Å². The topological polar surface area (TPSA) is 58.6 Å². The second-order valence-corrected chi connectivity index (χ2v) is 10.2. The van der Waals surface area contributed by atoms with E-state index in [0.717, 1.165) is 27.6 Å². The van der Waals surface area contributed by atoms with Gasteiger partial charge in [0.25, 0.3) is 5.91 Å². The third-order valence-corrected chi connectivity index (χ3v) is 6.60. The molecule has 1 unspecified atom stereocenters. The summed E-state index contributed by atoms with van der Waals surface area (Å²) in [5.41, 5.74) is 3.00. The van der Waals surface area contributed by atoms with Crippen molar-refractivity contribution in [2.45, 2.75) is 52.2 Å². The molecule has 1 N–H and O–H groups in total. The highest BCUT2D eigenvalue weighted by Gasteiger charge is 2.31. The molecule has 190 valence electrons. The summed E-state index contributed by atoms with van der Waals surface area (Å²) in [6.07, 6.45) is 1.28. The van der Waals surface area contributed by atoms with Crippen molar-refractivity contribution < 1.29 is 14.3 Å². The van der Waals surface area contributed by atoms with E-state index in [0.29, 0.717) is 17.2 Å². The summed E-state index contributed by atoms with van der Waals surface area (Å²) < 4.78 is 6.70. The molecule has 0 radical (unpaired) electrons. The molecule has 5 nitrogen and oxygen atoms in total. The van der Waals surface area contributed by atoms with Crippen molar-refractivity contribution in [2.75, 3.05) is 6.61 Å². The van der Waals surface area contributed by atoms with Crippen LogP contribution in [0.25, 0.3) is 0 Å². The number of ether oxygens (including phenoxy) is 1. The number of benzene rings is 3. The van der Waals surface area contributed by atoms with Gasteiger partial charge in [-0.05, 0) is 77.2 Å². The molecule has 7 heteroatoms. The number of carbonyl (C=O) groups is 2. The average Bonchev–Trinajstić information content (AvgIpc) is 2.86. The fraction of sp³-hybridized carbons (Fsp3) is 0.310. The molecule has 0 aliphatic heterocycles. The van der Waals surface area contributed by atoms with E-state index in [-0.39, 0.29) is 31.0 Å². The molecule has 0 aromatic heterocycles. The number of hydrogen-bond donors (Lipinski definition) is 1. The second kappa shape index (κ2) is 13.5. The predicted octanol–water partition coefficient (Wildman–Crippen LogP) is 6.21. The smallest absolute Gasteiger partial charge is 0.261 e. The minimum atomic E-state index is -0.715. The van der Waals surface area contributed by atoms with Crippen LogP contribution in [0, 0.1) is 0 Å². The van der Waals surface area contributed by atoms with E-state index in [9.17, 15) is 9.59 Å². The van der Waals surface area contributed by atoms with Gasteiger partial charge in [-0.3, -0.25) is 9.59 Å². The Morgan fingerprint density at radius 2 is 1.64 bits per heavy atom. The minimum Gasteiger partial charge on any atom is -0.483 e. The first-order chi connectivity index (χ1) is 17.3. The first kappa shape index (κ1) is 27.8. The normalized spacial score (nSPS) is 11.7. The fourth-order valence-corrected chi connectivity index (χ4v) is 4.49. The Kier molecular flexibility index (Phi) is 10.4. The zero-order valence-electron chi connectivity index (χ0n) is 20.8. The van der Waals surface area contributed by atoms with Gasteiger partial charge >= 0.3 is 0 Å². The molecular weight excluding hydrogens is 540 g/mol. The van der Waals surface area contributed by atoms with Crippen LogP contribution in [-0.4, -0.2) is 35.4 Å². The fourth-order valence-electron chi connectivity index (χ4n) is 3.82. The number of hydrogen-bond acceptors (Lipinski definition) is 3. The van der Waals surface area contributed by atoms with Gasteiger partial charge in [0, 0.05) is 24.0 Å². The zero-order chi connectivity index (χ0) is 26.1. The standard InChI is InChI=1S/C29H32BrClN2O3/c1-4-21-12-15-27(25(30)16-21)36-19-28(34)33(18-23-10-13-24(31)14-11-23)26(29(35)32-20(2)3)17-22-8-6-5-7-9-22/h5-16,20,26H,4,17-19H2,1-3H3,(H,32,35). The molecule has 36 heavy (non-hydrogen) atoms. The molecular formula is C29H32BrClN2O3. The van der Waals surface area contributed by atoms with Gasteiger partial charge in [0.1, 0.15) is 11.8 Å². The second-order valence-electron chi connectivity index (χ2n) is 8.92. The van der Waals surface area contributed by atoms with Crippen LogP contribution in [0.2, 0.25) is 5.02 Å². The number of nitrogens with zero attached hydrogens (tertiary/aromatic N) is 1. The van der Waals surface area contributed by atoms with Crippen molar-refractivity contribution in [3.63, 3.8) is 0 Å². The average molecular weight is 572 g/mol. The van der Waals surface area contributed by atoms with Gasteiger partial charge in [-0.2, -0.15) is 0 Å². The van der Waals surface area contributed by atoms with E-state index in [1.807, 2.05) is 74.5 Å². The molecule has 1 atom stereocenters. The molecule has 0 aliphatic rings. The van der Waals surface area contributed by atoms with Gasteiger partial charge in [0.05, 0.1) is 4.47 Å². The van der Waals surface area contributed by atoms with Crippen molar-refractivity contribution in [3.05, 3.63) is 99.0 Å². The molecule has 3 aromatic carbocycles. The highest BCUT2D eigenvalue weighted by molar-refractivity contribution is 9.10. The highest BCUT2D eigenvalue weighted by atomic mass is 79.9. The van der Waals surface area contributed by atoms with Crippen molar-refractivity contribution >= 4 is 39.3 Å². The monoisotopic (exact) mass is 570 g/mol. The summed E-state index contributed by atoms with van der Waals surface area (Å²) >= 11 is 9.61. The maximum Gasteiger partial charge on any atom is 0.261 e. The van der Waals surface area contributed by atoms with Crippen molar-refractivity contribution in [1.29, 1.82) is 0 Å². The Labute approximate surface area is 226 Å². The molecule has 2 amide bonds. The Morgan fingerprint density at radius 3 is 2.25 bits per heavy atom. The largest absolute Gasteiger partial charge is 0.483 e. The quantitative estimate of drug-likeness (QED) is 0.298. The molecule has 0 fully saturated rings. The van der Waals surface area contributed by atoms with Crippen LogP contribution in [0.1, 0.15) is 37.5 Å². The van der Waals surface area contributed by atoms with E-state index in [2.05, 4.69) is 28.2 Å². The number of halogens is 2. The minimum absolute atomic E-state index is 0.0625. The Balaban J connectivity index is 1.90. The summed E-state index contributed by atoms with van der Waals surface area (Å²) in [4.78, 5) is 28.6. The molecule has 0 heterocycles. The van der Waals surface area contributed by atoms with Gasteiger partial charge in [0.2, 0.25) is 5.91 Å². The first-order valence-electron chi connectivity index (χ1n) is 12.1. The molecule has 0 spiro atoms. The lowest BCUT2D eigenvalue weighted by Crippen LogP contribution is -2.52. The summed E-state index contributed by atoms with van der Waals surface area (Å²) in [5.74, 6) is 0.0964. The lowest BCUT2D eigenvalue weighted by Gasteiger charge is -2.32. The van der Waals surface area contributed by atoms with Crippen molar-refractivity contribution in [1.82, 2.24) is 10.2 Å². The van der Waals surface area contributed by atoms with Crippen LogP contribution in [0.15, 0.2) is 77.3 Å². The van der Waals surface area contributed by atoms with Gasteiger partial charge < -0.3 is 15.0 Å². The number of aryl methyl sites for hydroxylation is 1. The summed E-state index contributed by atoms with van der Waals surface area (Å²) in [6.45, 7) is 5.94. The SMILES string of the molecule is CCc1ccc(OCC(=O)N(Cc2ccc(Cl)cc2)C(Cc2ccccc2)C(=O)NC(C)C)c(Br)c1. The van der Waals surface area contributed by atoms with Crippen LogP contribution in [-0.2, 0) is 29.0 Å². The molecule has 0 saturated carbocycles. The van der Waals surface area contributed by atoms with Gasteiger partial charge in [-0.1, -0.05) is 67.1 Å². The molecule has 3 rings (SSSR count). The van der Waals surface area contributed by atoms with Crippen LogP contribution in [0.5, 0.6) is 5.75 Å². The Hall–Kier alpha value is -2.83.